The average Bonchev–Trinajstić information content (AvgIpc) is 2.27. The summed E-state index contributed by atoms with van der Waals surface area (Å²) in [6.45, 7) is 2.38. The molecular weight excluding hydrogens is 194 g/mol. The van der Waals surface area contributed by atoms with E-state index in [2.05, 4.69) is 0 Å². The topological polar surface area (TPSA) is 53.7 Å². The molecule has 0 amide bonds. The number of benzene rings is 1. The lowest BCUT2D eigenvalue weighted by Crippen LogP contribution is -2.05. The van der Waals surface area contributed by atoms with Crippen molar-refractivity contribution in [3.63, 3.8) is 0 Å². The molecule has 0 aliphatic carbocycles. The van der Waals surface area contributed by atoms with E-state index >= 15 is 0 Å². The minimum atomic E-state index is 0.412. The highest BCUT2D eigenvalue weighted by atomic mass is 16.5. The Labute approximate surface area is 89.9 Å². The van der Waals surface area contributed by atoms with Gasteiger partial charge in [-0.05, 0) is 18.6 Å². The summed E-state index contributed by atoms with van der Waals surface area (Å²) in [5, 5.41) is 0. The molecule has 0 heterocycles. The van der Waals surface area contributed by atoms with Crippen molar-refractivity contribution >= 4 is 0 Å². The second-order valence-electron chi connectivity index (χ2n) is 3.14. The van der Waals surface area contributed by atoms with Crippen LogP contribution in [0.1, 0.15) is 11.1 Å². The molecule has 0 aromatic heterocycles. The van der Waals surface area contributed by atoms with Crippen LogP contribution < -0.4 is 19.9 Å². The summed E-state index contributed by atoms with van der Waals surface area (Å²) in [5.41, 5.74) is 7.64. The van der Waals surface area contributed by atoms with Gasteiger partial charge in [-0.3, -0.25) is 0 Å². The first kappa shape index (κ1) is 11.7. The Morgan fingerprint density at radius 1 is 1.07 bits per heavy atom. The molecule has 84 valence electrons. The average molecular weight is 211 g/mol. The molecule has 0 saturated heterocycles. The Bertz CT molecular complexity index is 350. The van der Waals surface area contributed by atoms with Gasteiger partial charge < -0.3 is 19.9 Å². The van der Waals surface area contributed by atoms with Crippen molar-refractivity contribution in [3.8, 4) is 17.2 Å². The number of ether oxygens (including phenoxy) is 3. The third kappa shape index (κ3) is 1.99. The van der Waals surface area contributed by atoms with Crippen molar-refractivity contribution in [2.24, 2.45) is 5.73 Å². The molecule has 4 heteroatoms. The van der Waals surface area contributed by atoms with Crippen molar-refractivity contribution < 1.29 is 14.2 Å². The maximum atomic E-state index is 5.67. The van der Waals surface area contributed by atoms with Crippen LogP contribution in [-0.4, -0.2) is 21.3 Å². The van der Waals surface area contributed by atoms with E-state index in [-0.39, 0.29) is 0 Å². The fraction of sp³-hybridized carbons (Fsp3) is 0.455. The quantitative estimate of drug-likeness (QED) is 0.819. The van der Waals surface area contributed by atoms with Crippen molar-refractivity contribution in [2.45, 2.75) is 13.5 Å². The maximum absolute atomic E-state index is 5.67. The lowest BCUT2D eigenvalue weighted by molar-refractivity contribution is 0.322. The van der Waals surface area contributed by atoms with Gasteiger partial charge in [0.1, 0.15) is 0 Å². The lowest BCUT2D eigenvalue weighted by atomic mass is 10.1. The molecule has 15 heavy (non-hydrogen) atoms. The Hall–Kier alpha value is -1.42. The van der Waals surface area contributed by atoms with Gasteiger partial charge in [0.2, 0.25) is 5.75 Å². The van der Waals surface area contributed by atoms with Crippen LogP contribution in [0.5, 0.6) is 17.2 Å². The Morgan fingerprint density at radius 2 is 1.67 bits per heavy atom. The molecule has 1 aromatic rings. The van der Waals surface area contributed by atoms with Crippen LogP contribution in [-0.2, 0) is 6.54 Å². The molecule has 2 N–H and O–H groups in total. The van der Waals surface area contributed by atoms with Crippen molar-refractivity contribution in [1.82, 2.24) is 0 Å². The highest BCUT2D eigenvalue weighted by Gasteiger charge is 2.17. The van der Waals surface area contributed by atoms with E-state index in [0.29, 0.717) is 23.8 Å². The SMILES string of the molecule is COc1cc(C)c(CN)c(OC)c1OC. The normalized spacial score (nSPS) is 9.93. The summed E-state index contributed by atoms with van der Waals surface area (Å²) < 4.78 is 15.8. The molecule has 0 atom stereocenters. The smallest absolute Gasteiger partial charge is 0.203 e. The molecule has 0 aliphatic heterocycles. The summed E-state index contributed by atoms with van der Waals surface area (Å²) in [6, 6.07) is 1.89. The number of hydrogen-bond acceptors (Lipinski definition) is 4. The van der Waals surface area contributed by atoms with E-state index in [4.69, 9.17) is 19.9 Å². The summed E-state index contributed by atoms with van der Waals surface area (Å²) in [6.07, 6.45) is 0. The van der Waals surface area contributed by atoms with Crippen LogP contribution in [0.25, 0.3) is 0 Å². The molecule has 0 fully saturated rings. The summed E-state index contributed by atoms with van der Waals surface area (Å²) in [4.78, 5) is 0. The standard InChI is InChI=1S/C11H17NO3/c1-7-5-9(13-2)11(15-4)10(14-3)8(7)6-12/h5H,6,12H2,1-4H3. The van der Waals surface area contributed by atoms with Gasteiger partial charge in [0.05, 0.1) is 21.3 Å². The third-order valence-electron chi connectivity index (χ3n) is 2.36. The number of nitrogens with two attached hydrogens (primary N) is 1. The van der Waals surface area contributed by atoms with Gasteiger partial charge in [0.25, 0.3) is 0 Å². The largest absolute Gasteiger partial charge is 0.493 e. The summed E-state index contributed by atoms with van der Waals surface area (Å²) in [7, 11) is 4.77. The first-order valence-electron chi connectivity index (χ1n) is 4.68. The number of hydrogen-bond donors (Lipinski definition) is 1. The second kappa shape index (κ2) is 4.89. The first-order valence-corrected chi connectivity index (χ1v) is 4.68. The fourth-order valence-electron chi connectivity index (χ4n) is 1.59. The van der Waals surface area contributed by atoms with Crippen LogP contribution in [0.2, 0.25) is 0 Å². The van der Waals surface area contributed by atoms with E-state index in [1.54, 1.807) is 21.3 Å². The van der Waals surface area contributed by atoms with E-state index in [1.807, 2.05) is 13.0 Å². The van der Waals surface area contributed by atoms with Crippen LogP contribution in [0.15, 0.2) is 6.07 Å². The summed E-state index contributed by atoms with van der Waals surface area (Å²) in [5.74, 6) is 1.90. The van der Waals surface area contributed by atoms with Gasteiger partial charge >= 0.3 is 0 Å². The molecular formula is C11H17NO3. The van der Waals surface area contributed by atoms with E-state index < -0.39 is 0 Å². The summed E-state index contributed by atoms with van der Waals surface area (Å²) >= 11 is 0. The van der Waals surface area contributed by atoms with Gasteiger partial charge in [0, 0.05) is 12.1 Å². The molecule has 0 radical (unpaired) electrons. The lowest BCUT2D eigenvalue weighted by Gasteiger charge is -2.17. The molecule has 1 rings (SSSR count). The van der Waals surface area contributed by atoms with Gasteiger partial charge in [0.15, 0.2) is 11.5 Å². The molecule has 1 aromatic carbocycles. The zero-order chi connectivity index (χ0) is 11.4. The zero-order valence-corrected chi connectivity index (χ0v) is 9.59. The highest BCUT2D eigenvalue weighted by molar-refractivity contribution is 5.58. The van der Waals surface area contributed by atoms with Crippen LogP contribution in [0.4, 0.5) is 0 Å². The van der Waals surface area contributed by atoms with Crippen molar-refractivity contribution in [2.75, 3.05) is 21.3 Å². The molecule has 0 spiro atoms. The van der Waals surface area contributed by atoms with Crippen molar-refractivity contribution in [3.05, 3.63) is 17.2 Å². The Kier molecular flexibility index (Phi) is 3.80. The van der Waals surface area contributed by atoms with Crippen LogP contribution >= 0.6 is 0 Å². The predicted octanol–water partition coefficient (Wildman–Crippen LogP) is 1.48. The molecule has 0 saturated carbocycles. The van der Waals surface area contributed by atoms with Gasteiger partial charge in [-0.2, -0.15) is 0 Å². The van der Waals surface area contributed by atoms with E-state index in [1.165, 1.54) is 0 Å². The highest BCUT2D eigenvalue weighted by Crippen LogP contribution is 2.41. The van der Waals surface area contributed by atoms with Crippen molar-refractivity contribution in [1.29, 1.82) is 0 Å². The van der Waals surface area contributed by atoms with E-state index in [9.17, 15) is 0 Å². The van der Waals surface area contributed by atoms with Gasteiger partial charge in [-0.25, -0.2) is 0 Å². The molecule has 0 bridgehead atoms. The number of rotatable bonds is 4. The third-order valence-corrected chi connectivity index (χ3v) is 2.36. The Balaban J connectivity index is 3.44. The van der Waals surface area contributed by atoms with Gasteiger partial charge in [-0.15, -0.1) is 0 Å². The fourth-order valence-corrected chi connectivity index (χ4v) is 1.59. The molecule has 0 aliphatic rings. The number of aryl methyl sites for hydroxylation is 1. The monoisotopic (exact) mass is 211 g/mol. The molecule has 0 unspecified atom stereocenters. The number of methoxy groups -OCH3 is 3. The van der Waals surface area contributed by atoms with Crippen LogP contribution in [0.3, 0.4) is 0 Å². The first-order chi connectivity index (χ1) is 7.19. The predicted molar refractivity (Wildman–Crippen MR) is 58.7 cm³/mol. The molecule has 4 nitrogen and oxygen atoms in total. The van der Waals surface area contributed by atoms with Crippen LogP contribution in [0, 0.1) is 6.92 Å². The van der Waals surface area contributed by atoms with Gasteiger partial charge in [-0.1, -0.05) is 0 Å². The minimum absolute atomic E-state index is 0.412. The Morgan fingerprint density at radius 3 is 2.07 bits per heavy atom. The van der Waals surface area contributed by atoms with E-state index in [0.717, 1.165) is 11.1 Å². The maximum Gasteiger partial charge on any atom is 0.203 e. The second-order valence-corrected chi connectivity index (χ2v) is 3.14. The zero-order valence-electron chi connectivity index (χ0n) is 9.59. The minimum Gasteiger partial charge on any atom is -0.493 e.